The van der Waals surface area contributed by atoms with Gasteiger partial charge >= 0.3 is 0 Å². The van der Waals surface area contributed by atoms with Crippen LogP contribution in [0.15, 0.2) is 6.07 Å². The molecule has 0 spiro atoms. The first kappa shape index (κ1) is 12.3. The molecule has 96 valence electrons. The van der Waals surface area contributed by atoms with Crippen molar-refractivity contribution < 1.29 is 0 Å². The van der Waals surface area contributed by atoms with E-state index in [-0.39, 0.29) is 0 Å². The number of thiophene rings is 1. The summed E-state index contributed by atoms with van der Waals surface area (Å²) in [5.41, 5.74) is 2.64. The third-order valence-corrected chi connectivity index (χ3v) is 5.70. The van der Waals surface area contributed by atoms with Gasteiger partial charge in [-0.15, -0.1) is 22.7 Å². The first-order chi connectivity index (χ1) is 8.69. The van der Waals surface area contributed by atoms with Gasteiger partial charge in [0.15, 0.2) is 0 Å². The molecule has 0 amide bonds. The fourth-order valence-electron chi connectivity index (χ4n) is 2.66. The minimum atomic E-state index is 0.457. The summed E-state index contributed by atoms with van der Waals surface area (Å²) < 4.78 is 0. The van der Waals surface area contributed by atoms with E-state index in [1.54, 1.807) is 0 Å². The lowest BCUT2D eigenvalue weighted by atomic mass is 9.98. The summed E-state index contributed by atoms with van der Waals surface area (Å²) in [6, 6.07) is 2.73. The number of nitrogens with zero attached hydrogens (tertiary/aromatic N) is 1. The Morgan fingerprint density at radius 1 is 1.33 bits per heavy atom. The molecular formula is C14H18N2S2. The summed E-state index contributed by atoms with van der Waals surface area (Å²) in [7, 11) is 2.04. The minimum absolute atomic E-state index is 0.457. The number of nitrogens with one attached hydrogen (secondary N) is 1. The van der Waals surface area contributed by atoms with Crippen molar-refractivity contribution in [3.63, 3.8) is 0 Å². The van der Waals surface area contributed by atoms with E-state index in [2.05, 4.69) is 25.2 Å². The number of hydrogen-bond acceptors (Lipinski definition) is 4. The number of fused-ring (bicyclic) bond motifs is 1. The van der Waals surface area contributed by atoms with E-state index in [0.29, 0.717) is 6.04 Å². The van der Waals surface area contributed by atoms with Crippen molar-refractivity contribution in [3.05, 3.63) is 26.4 Å². The van der Waals surface area contributed by atoms with Crippen LogP contribution in [0.1, 0.15) is 39.2 Å². The van der Waals surface area contributed by atoms with Crippen molar-refractivity contribution in [3.8, 4) is 10.6 Å². The molecule has 18 heavy (non-hydrogen) atoms. The Morgan fingerprint density at radius 2 is 2.17 bits per heavy atom. The van der Waals surface area contributed by atoms with Gasteiger partial charge in [0.25, 0.3) is 0 Å². The van der Waals surface area contributed by atoms with Gasteiger partial charge < -0.3 is 5.32 Å². The van der Waals surface area contributed by atoms with Gasteiger partial charge in [0.2, 0.25) is 0 Å². The van der Waals surface area contributed by atoms with Gasteiger partial charge in [-0.05, 0) is 46.2 Å². The highest BCUT2D eigenvalue weighted by Gasteiger charge is 2.24. The van der Waals surface area contributed by atoms with Gasteiger partial charge in [-0.1, -0.05) is 0 Å². The molecule has 0 radical (unpaired) electrons. The average molecular weight is 278 g/mol. The molecule has 0 bridgehead atoms. The van der Waals surface area contributed by atoms with Crippen molar-refractivity contribution in [2.45, 2.75) is 39.2 Å². The monoisotopic (exact) mass is 278 g/mol. The first-order valence-electron chi connectivity index (χ1n) is 6.43. The van der Waals surface area contributed by atoms with Crippen molar-refractivity contribution in [1.29, 1.82) is 0 Å². The summed E-state index contributed by atoms with van der Waals surface area (Å²) in [4.78, 5) is 9.16. The van der Waals surface area contributed by atoms with Gasteiger partial charge in [0.05, 0.1) is 11.7 Å². The van der Waals surface area contributed by atoms with Crippen molar-refractivity contribution in [2.24, 2.45) is 0 Å². The number of thiazole rings is 1. The Labute approximate surface area is 116 Å². The molecule has 0 aliphatic heterocycles. The predicted octanol–water partition coefficient (Wildman–Crippen LogP) is 4.09. The Morgan fingerprint density at radius 3 is 2.83 bits per heavy atom. The molecule has 0 aromatic carbocycles. The molecular weight excluding hydrogens is 260 g/mol. The highest BCUT2D eigenvalue weighted by Crippen LogP contribution is 2.39. The third-order valence-electron chi connectivity index (χ3n) is 3.57. The zero-order valence-corrected chi connectivity index (χ0v) is 12.7. The molecule has 2 aromatic rings. The van der Waals surface area contributed by atoms with Crippen LogP contribution in [0.25, 0.3) is 10.6 Å². The summed E-state index contributed by atoms with van der Waals surface area (Å²) in [6.07, 6.45) is 3.70. The lowest BCUT2D eigenvalue weighted by Crippen LogP contribution is -2.21. The minimum Gasteiger partial charge on any atom is -0.312 e. The van der Waals surface area contributed by atoms with E-state index >= 15 is 0 Å². The van der Waals surface area contributed by atoms with Crippen molar-refractivity contribution in [1.82, 2.24) is 10.3 Å². The van der Waals surface area contributed by atoms with E-state index in [1.165, 1.54) is 50.2 Å². The highest BCUT2D eigenvalue weighted by atomic mass is 32.1. The Bertz CT molecular complexity index is 568. The second-order valence-corrected chi connectivity index (χ2v) is 7.43. The highest BCUT2D eigenvalue weighted by molar-refractivity contribution is 7.16. The average Bonchev–Trinajstić information content (AvgIpc) is 2.91. The zero-order valence-electron chi connectivity index (χ0n) is 11.0. The van der Waals surface area contributed by atoms with E-state index in [9.17, 15) is 0 Å². The van der Waals surface area contributed by atoms with Crippen LogP contribution in [0.2, 0.25) is 0 Å². The lowest BCUT2D eigenvalue weighted by molar-refractivity contribution is 0.490. The van der Waals surface area contributed by atoms with Gasteiger partial charge in [0, 0.05) is 20.2 Å². The summed E-state index contributed by atoms with van der Waals surface area (Å²) in [6.45, 7) is 4.37. The van der Waals surface area contributed by atoms with Gasteiger partial charge in [0.1, 0.15) is 5.01 Å². The van der Waals surface area contributed by atoms with Crippen LogP contribution in [-0.4, -0.2) is 12.0 Å². The van der Waals surface area contributed by atoms with Gasteiger partial charge in [-0.2, -0.15) is 0 Å². The molecule has 1 unspecified atom stereocenters. The van der Waals surface area contributed by atoms with E-state index in [1.807, 2.05) is 29.7 Å². The molecule has 1 atom stereocenters. The first-order valence-corrected chi connectivity index (χ1v) is 8.06. The summed E-state index contributed by atoms with van der Waals surface area (Å²) in [5, 5.41) is 4.60. The number of aromatic nitrogens is 1. The molecule has 0 fully saturated rings. The Kier molecular flexibility index (Phi) is 3.26. The SMILES string of the molecule is CNC1CCCc2sc(-c3cc(C)sc3C)nc21. The summed E-state index contributed by atoms with van der Waals surface area (Å²) in [5.74, 6) is 0. The Balaban J connectivity index is 2.05. The van der Waals surface area contributed by atoms with Gasteiger partial charge in [-0.3, -0.25) is 0 Å². The van der Waals surface area contributed by atoms with Crippen LogP contribution < -0.4 is 5.32 Å². The van der Waals surface area contributed by atoms with Crippen LogP contribution in [0, 0.1) is 13.8 Å². The standard InChI is InChI=1S/C14H18N2S2/c1-8-7-10(9(2)17-8)14-16-13-11(15-3)5-4-6-12(13)18-14/h7,11,15H,4-6H2,1-3H3. The van der Waals surface area contributed by atoms with Gasteiger partial charge in [-0.25, -0.2) is 4.98 Å². The molecule has 1 aliphatic carbocycles. The second kappa shape index (κ2) is 4.76. The predicted molar refractivity (Wildman–Crippen MR) is 79.6 cm³/mol. The molecule has 2 nitrogen and oxygen atoms in total. The molecule has 1 aliphatic rings. The molecule has 0 saturated heterocycles. The quantitative estimate of drug-likeness (QED) is 0.895. The molecule has 1 N–H and O–H groups in total. The van der Waals surface area contributed by atoms with Crippen LogP contribution in [-0.2, 0) is 6.42 Å². The maximum absolute atomic E-state index is 4.91. The summed E-state index contributed by atoms with van der Waals surface area (Å²) >= 11 is 3.76. The maximum atomic E-state index is 4.91. The van der Waals surface area contributed by atoms with E-state index in [0.717, 1.165) is 0 Å². The van der Waals surface area contributed by atoms with Crippen molar-refractivity contribution in [2.75, 3.05) is 7.05 Å². The van der Waals surface area contributed by atoms with E-state index < -0.39 is 0 Å². The number of rotatable bonds is 2. The van der Waals surface area contributed by atoms with E-state index in [4.69, 9.17) is 4.98 Å². The molecule has 2 aromatic heterocycles. The van der Waals surface area contributed by atoms with Crippen LogP contribution >= 0.6 is 22.7 Å². The third kappa shape index (κ3) is 2.02. The molecule has 3 rings (SSSR count). The molecule has 2 heterocycles. The fourth-order valence-corrected chi connectivity index (χ4v) is 4.89. The molecule has 0 saturated carbocycles. The van der Waals surface area contributed by atoms with Crippen molar-refractivity contribution >= 4 is 22.7 Å². The molecule has 4 heteroatoms. The number of hydrogen-bond donors (Lipinski definition) is 1. The smallest absolute Gasteiger partial charge is 0.125 e. The second-order valence-electron chi connectivity index (χ2n) is 4.89. The topological polar surface area (TPSA) is 24.9 Å². The zero-order chi connectivity index (χ0) is 12.7. The maximum Gasteiger partial charge on any atom is 0.125 e. The van der Waals surface area contributed by atoms with Crippen LogP contribution in [0.5, 0.6) is 0 Å². The van der Waals surface area contributed by atoms with Crippen LogP contribution in [0.4, 0.5) is 0 Å². The normalized spacial score (nSPS) is 18.9. The fraction of sp³-hybridized carbons (Fsp3) is 0.500. The number of aryl methyl sites for hydroxylation is 3. The Hall–Kier alpha value is -0.710. The largest absolute Gasteiger partial charge is 0.312 e. The van der Waals surface area contributed by atoms with Crippen LogP contribution in [0.3, 0.4) is 0 Å². The lowest BCUT2D eigenvalue weighted by Gasteiger charge is -2.19.